The molecule has 0 unspecified atom stereocenters. The predicted octanol–water partition coefficient (Wildman–Crippen LogP) is 2.37. The number of hydrogen-bond acceptors (Lipinski definition) is 6. The highest BCUT2D eigenvalue weighted by Crippen LogP contribution is 2.35. The van der Waals surface area contributed by atoms with Gasteiger partial charge in [0.25, 0.3) is 0 Å². The van der Waals surface area contributed by atoms with Crippen molar-refractivity contribution in [3.05, 3.63) is 59.9 Å². The number of hydrogen-bond donors (Lipinski definition) is 4. The van der Waals surface area contributed by atoms with E-state index < -0.39 is 11.9 Å². The van der Waals surface area contributed by atoms with E-state index in [0.717, 1.165) is 0 Å². The number of nitrogen functional groups attached to an aromatic ring is 2. The molecule has 3 rings (SSSR count). The van der Waals surface area contributed by atoms with Crippen molar-refractivity contribution in [2.45, 2.75) is 0 Å². The molecule has 1 aromatic carbocycles. The van der Waals surface area contributed by atoms with E-state index in [1.54, 1.807) is 24.3 Å². The van der Waals surface area contributed by atoms with Gasteiger partial charge in [-0.1, -0.05) is 0 Å². The third-order valence-electron chi connectivity index (χ3n) is 3.88. The van der Waals surface area contributed by atoms with Crippen LogP contribution in [-0.4, -0.2) is 32.1 Å². The van der Waals surface area contributed by atoms with Crippen molar-refractivity contribution in [2.75, 3.05) is 11.5 Å². The van der Waals surface area contributed by atoms with Crippen molar-refractivity contribution >= 4 is 23.6 Å². The minimum atomic E-state index is -1.23. The Balaban J connectivity index is 2.38. The second-order valence-electron chi connectivity index (χ2n) is 5.43. The largest absolute Gasteiger partial charge is 0.478 e. The summed E-state index contributed by atoms with van der Waals surface area (Å²) in [5.74, 6) is -2.27. The number of aromatic carboxylic acids is 2. The molecule has 0 saturated heterocycles. The van der Waals surface area contributed by atoms with Gasteiger partial charge < -0.3 is 21.7 Å². The van der Waals surface area contributed by atoms with E-state index in [1.165, 1.54) is 24.5 Å². The third-order valence-corrected chi connectivity index (χ3v) is 3.88. The summed E-state index contributed by atoms with van der Waals surface area (Å²) >= 11 is 0. The van der Waals surface area contributed by atoms with Crippen LogP contribution in [0.15, 0.2) is 48.8 Å². The monoisotopic (exact) mass is 350 g/mol. The molecule has 0 saturated carbocycles. The van der Waals surface area contributed by atoms with Crippen molar-refractivity contribution < 1.29 is 19.8 Å². The van der Waals surface area contributed by atoms with Gasteiger partial charge in [-0.15, -0.1) is 0 Å². The molecule has 2 aromatic heterocycles. The highest BCUT2D eigenvalue weighted by molar-refractivity contribution is 6.05. The minimum Gasteiger partial charge on any atom is -0.478 e. The summed E-state index contributed by atoms with van der Waals surface area (Å²) in [5, 5.41) is 19.3. The predicted molar refractivity (Wildman–Crippen MR) is 95.6 cm³/mol. The molecule has 0 radical (unpaired) electrons. The maximum atomic E-state index is 11.8. The number of nitrogens with two attached hydrogens (primary N) is 2. The molecule has 8 nitrogen and oxygen atoms in total. The Morgan fingerprint density at radius 2 is 1.12 bits per heavy atom. The Morgan fingerprint density at radius 3 is 1.42 bits per heavy atom. The molecule has 0 aliphatic rings. The highest BCUT2D eigenvalue weighted by Gasteiger charge is 2.22. The molecule has 0 aliphatic heterocycles. The average Bonchev–Trinajstić information content (AvgIpc) is 2.61. The fourth-order valence-corrected chi connectivity index (χ4v) is 2.69. The van der Waals surface area contributed by atoms with Crippen LogP contribution in [-0.2, 0) is 0 Å². The van der Waals surface area contributed by atoms with Crippen molar-refractivity contribution in [3.8, 4) is 22.3 Å². The van der Waals surface area contributed by atoms with Gasteiger partial charge in [0.2, 0.25) is 0 Å². The Morgan fingerprint density at radius 1 is 0.731 bits per heavy atom. The average molecular weight is 350 g/mol. The van der Waals surface area contributed by atoms with Gasteiger partial charge in [-0.2, -0.15) is 0 Å². The first kappa shape index (κ1) is 16.9. The van der Waals surface area contributed by atoms with Crippen molar-refractivity contribution in [3.63, 3.8) is 0 Å². The van der Waals surface area contributed by atoms with Crippen molar-refractivity contribution in [1.82, 2.24) is 9.97 Å². The van der Waals surface area contributed by atoms with Gasteiger partial charge in [-0.3, -0.25) is 0 Å². The van der Waals surface area contributed by atoms with Crippen LogP contribution in [0.5, 0.6) is 0 Å². The normalized spacial score (nSPS) is 10.5. The van der Waals surface area contributed by atoms with Gasteiger partial charge >= 0.3 is 11.9 Å². The lowest BCUT2D eigenvalue weighted by Gasteiger charge is -2.14. The number of aromatic nitrogens is 2. The van der Waals surface area contributed by atoms with Gasteiger partial charge in [-0.25, -0.2) is 19.6 Å². The van der Waals surface area contributed by atoms with Gasteiger partial charge in [0.15, 0.2) is 0 Å². The molecule has 0 bridgehead atoms. The molecule has 2 heterocycles. The molecule has 0 fully saturated rings. The van der Waals surface area contributed by atoms with E-state index in [4.69, 9.17) is 11.5 Å². The first-order valence-corrected chi connectivity index (χ1v) is 7.46. The van der Waals surface area contributed by atoms with Crippen LogP contribution < -0.4 is 11.5 Å². The molecule has 0 spiro atoms. The van der Waals surface area contributed by atoms with E-state index >= 15 is 0 Å². The molecule has 0 amide bonds. The number of carboxylic acids is 2. The van der Waals surface area contributed by atoms with Crippen LogP contribution in [0.4, 0.5) is 11.6 Å². The van der Waals surface area contributed by atoms with E-state index in [-0.39, 0.29) is 33.9 Å². The zero-order chi connectivity index (χ0) is 18.8. The number of carbonyl (C=O) groups is 2. The summed E-state index contributed by atoms with van der Waals surface area (Å²) in [6.07, 6.45) is 2.92. The highest BCUT2D eigenvalue weighted by atomic mass is 16.4. The standard InChI is InChI=1S/C18H14N4O4/c19-15-9(3-1-5-21-15)11-7-14(18(25)26)12(8-13(11)17(23)24)10-4-2-6-22-16(10)20/h1-8H,(H2,19,21)(H2,20,22)(H,23,24)(H,25,26). The van der Waals surface area contributed by atoms with E-state index in [9.17, 15) is 19.8 Å². The Kier molecular flexibility index (Phi) is 4.24. The van der Waals surface area contributed by atoms with E-state index in [0.29, 0.717) is 11.1 Å². The first-order chi connectivity index (χ1) is 12.4. The summed E-state index contributed by atoms with van der Waals surface area (Å²) < 4.78 is 0. The number of nitrogens with zero attached hydrogens (tertiary/aromatic N) is 2. The zero-order valence-corrected chi connectivity index (χ0v) is 13.4. The van der Waals surface area contributed by atoms with Gasteiger partial charge in [0.05, 0.1) is 11.1 Å². The maximum Gasteiger partial charge on any atom is 0.336 e. The second kappa shape index (κ2) is 6.52. The lowest BCUT2D eigenvalue weighted by molar-refractivity contribution is 0.0682. The number of carboxylic acid groups (broad SMARTS) is 2. The second-order valence-corrected chi connectivity index (χ2v) is 5.43. The first-order valence-electron chi connectivity index (χ1n) is 7.46. The SMILES string of the molecule is Nc1ncccc1-c1cc(C(=O)O)c(-c2cccnc2N)cc1C(=O)O. The summed E-state index contributed by atoms with van der Waals surface area (Å²) in [7, 11) is 0. The Bertz CT molecular complexity index is 950. The summed E-state index contributed by atoms with van der Waals surface area (Å²) in [6, 6.07) is 8.86. The fraction of sp³-hybridized carbons (Fsp3) is 0. The topological polar surface area (TPSA) is 152 Å². The number of rotatable bonds is 4. The molecule has 8 heteroatoms. The van der Waals surface area contributed by atoms with E-state index in [1.807, 2.05) is 0 Å². The van der Waals surface area contributed by atoms with Crippen LogP contribution in [0, 0.1) is 0 Å². The molecule has 0 atom stereocenters. The summed E-state index contributed by atoms with van der Waals surface area (Å²) in [6.45, 7) is 0. The van der Waals surface area contributed by atoms with Gasteiger partial charge in [-0.05, 0) is 36.4 Å². The Hall–Kier alpha value is -3.94. The minimum absolute atomic E-state index is 0.0972. The molecule has 0 aliphatic carbocycles. The van der Waals surface area contributed by atoms with Crippen LogP contribution in [0.1, 0.15) is 20.7 Å². The summed E-state index contributed by atoms with van der Waals surface area (Å²) in [5.41, 5.74) is 12.4. The molecular formula is C18H14N4O4. The smallest absolute Gasteiger partial charge is 0.336 e. The van der Waals surface area contributed by atoms with Gasteiger partial charge in [0.1, 0.15) is 11.6 Å². The molecule has 6 N–H and O–H groups in total. The lowest BCUT2D eigenvalue weighted by Crippen LogP contribution is -2.08. The van der Waals surface area contributed by atoms with Crippen molar-refractivity contribution in [1.29, 1.82) is 0 Å². The maximum absolute atomic E-state index is 11.8. The lowest BCUT2D eigenvalue weighted by atomic mass is 9.91. The zero-order valence-electron chi connectivity index (χ0n) is 13.4. The Labute approximate surface area is 147 Å². The number of anilines is 2. The molecule has 26 heavy (non-hydrogen) atoms. The quantitative estimate of drug-likeness (QED) is 0.559. The van der Waals surface area contributed by atoms with Crippen LogP contribution >= 0.6 is 0 Å². The van der Waals surface area contributed by atoms with Crippen LogP contribution in [0.3, 0.4) is 0 Å². The molecular weight excluding hydrogens is 336 g/mol. The van der Waals surface area contributed by atoms with Crippen LogP contribution in [0.25, 0.3) is 22.3 Å². The third kappa shape index (κ3) is 2.91. The van der Waals surface area contributed by atoms with Crippen molar-refractivity contribution in [2.24, 2.45) is 0 Å². The fourth-order valence-electron chi connectivity index (χ4n) is 2.69. The number of benzene rings is 1. The molecule has 130 valence electrons. The molecule has 3 aromatic rings. The van der Waals surface area contributed by atoms with Gasteiger partial charge in [0, 0.05) is 34.6 Å². The van der Waals surface area contributed by atoms with Crippen LogP contribution in [0.2, 0.25) is 0 Å². The van der Waals surface area contributed by atoms with E-state index in [2.05, 4.69) is 9.97 Å². The summed E-state index contributed by atoms with van der Waals surface area (Å²) in [4.78, 5) is 31.5. The number of pyridine rings is 2.